The van der Waals surface area contributed by atoms with Crippen LogP contribution in [0.3, 0.4) is 0 Å². The van der Waals surface area contributed by atoms with Crippen LogP contribution in [0.2, 0.25) is 0 Å². The fourth-order valence-electron chi connectivity index (χ4n) is 4.47. The van der Waals surface area contributed by atoms with Gasteiger partial charge in [-0.15, -0.1) is 0 Å². The quantitative estimate of drug-likeness (QED) is 0.827. The van der Waals surface area contributed by atoms with E-state index in [1.165, 1.54) is 5.56 Å². The molecule has 2 aliphatic heterocycles. The minimum absolute atomic E-state index is 0.158. The van der Waals surface area contributed by atoms with Gasteiger partial charge in [-0.3, -0.25) is 9.59 Å². The molecule has 6 heteroatoms. The van der Waals surface area contributed by atoms with Crippen LogP contribution in [0.1, 0.15) is 44.6 Å². The molecular weight excluding hydrogens is 336 g/mol. The Morgan fingerprint density at radius 3 is 2.80 bits per heavy atom. The summed E-state index contributed by atoms with van der Waals surface area (Å²) >= 11 is 1.67. The third-order valence-corrected chi connectivity index (χ3v) is 6.87. The van der Waals surface area contributed by atoms with Crippen molar-refractivity contribution in [3.8, 4) is 0 Å². The first-order valence-corrected chi connectivity index (χ1v) is 10.2. The summed E-state index contributed by atoms with van der Waals surface area (Å²) in [6.07, 6.45) is 4.73. The molecule has 1 spiro atoms. The van der Waals surface area contributed by atoms with E-state index < -0.39 is 0 Å². The van der Waals surface area contributed by atoms with Gasteiger partial charge in [0.25, 0.3) is 5.91 Å². The third-order valence-electron chi connectivity index (χ3n) is 6.14. The van der Waals surface area contributed by atoms with Crippen molar-refractivity contribution in [2.24, 2.45) is 5.41 Å². The van der Waals surface area contributed by atoms with Crippen molar-refractivity contribution in [2.45, 2.75) is 57.7 Å². The fourth-order valence-corrected chi connectivity index (χ4v) is 5.13. The van der Waals surface area contributed by atoms with Crippen LogP contribution in [0.15, 0.2) is 16.8 Å². The standard InChI is InChI=1S/C19H26N2O3S/c1-14(22)21(12-15-4-10-25-13-15)17-11-19(17)5-7-20(8-6-19)18(23)16-3-2-9-24-16/h4,10,13,16-17H,2-3,5-9,11-12H2,1H3. The molecule has 1 aromatic rings. The van der Waals surface area contributed by atoms with Gasteiger partial charge in [0.1, 0.15) is 6.10 Å². The van der Waals surface area contributed by atoms with Crippen LogP contribution >= 0.6 is 11.3 Å². The maximum Gasteiger partial charge on any atom is 0.251 e. The number of likely N-dealkylation sites (tertiary alicyclic amines) is 1. The highest BCUT2D eigenvalue weighted by atomic mass is 32.1. The van der Waals surface area contributed by atoms with Crippen molar-refractivity contribution in [1.82, 2.24) is 9.80 Å². The molecule has 1 aromatic heterocycles. The number of amides is 2. The van der Waals surface area contributed by atoms with Gasteiger partial charge in [-0.05, 0) is 59.9 Å². The molecule has 3 heterocycles. The molecule has 2 atom stereocenters. The topological polar surface area (TPSA) is 49.9 Å². The lowest BCUT2D eigenvalue weighted by atomic mass is 9.91. The summed E-state index contributed by atoms with van der Waals surface area (Å²) in [5, 5.41) is 4.18. The molecule has 1 saturated carbocycles. The molecule has 0 aromatic carbocycles. The normalized spacial score (nSPS) is 27.5. The average molecular weight is 362 g/mol. The van der Waals surface area contributed by atoms with Crippen molar-refractivity contribution in [3.05, 3.63) is 22.4 Å². The minimum atomic E-state index is -0.212. The van der Waals surface area contributed by atoms with Gasteiger partial charge in [0.05, 0.1) is 0 Å². The van der Waals surface area contributed by atoms with Gasteiger partial charge in [0, 0.05) is 39.2 Å². The molecule has 0 bridgehead atoms. The molecule has 2 saturated heterocycles. The lowest BCUT2D eigenvalue weighted by molar-refractivity contribution is -0.143. The van der Waals surface area contributed by atoms with Gasteiger partial charge in [0.2, 0.25) is 5.91 Å². The Morgan fingerprint density at radius 1 is 1.40 bits per heavy atom. The number of carbonyl (C=O) groups excluding carboxylic acids is 2. The van der Waals surface area contributed by atoms with E-state index in [9.17, 15) is 9.59 Å². The summed E-state index contributed by atoms with van der Waals surface area (Å²) in [7, 11) is 0. The Hall–Kier alpha value is -1.40. The summed E-state index contributed by atoms with van der Waals surface area (Å²) in [6, 6.07) is 2.43. The highest BCUT2D eigenvalue weighted by molar-refractivity contribution is 7.07. The van der Waals surface area contributed by atoms with Crippen molar-refractivity contribution in [1.29, 1.82) is 0 Å². The Labute approximate surface area is 152 Å². The molecule has 3 aliphatic rings. The molecule has 4 rings (SSSR count). The first-order valence-electron chi connectivity index (χ1n) is 9.28. The second kappa shape index (κ2) is 6.72. The van der Waals surface area contributed by atoms with Crippen LogP contribution in [0.5, 0.6) is 0 Å². The third kappa shape index (κ3) is 3.34. The van der Waals surface area contributed by atoms with E-state index in [1.807, 2.05) is 9.80 Å². The number of piperidine rings is 1. The Kier molecular flexibility index (Phi) is 4.58. The Balaban J connectivity index is 1.35. The van der Waals surface area contributed by atoms with Crippen LogP contribution in [-0.4, -0.2) is 53.5 Å². The van der Waals surface area contributed by atoms with Crippen LogP contribution < -0.4 is 0 Å². The number of rotatable bonds is 4. The van der Waals surface area contributed by atoms with Crippen molar-refractivity contribution < 1.29 is 14.3 Å². The zero-order valence-electron chi connectivity index (χ0n) is 14.8. The van der Waals surface area contributed by atoms with Crippen molar-refractivity contribution in [2.75, 3.05) is 19.7 Å². The fraction of sp³-hybridized carbons (Fsp3) is 0.684. The zero-order chi connectivity index (χ0) is 17.4. The number of carbonyl (C=O) groups is 2. The average Bonchev–Trinajstić information content (AvgIpc) is 3.07. The summed E-state index contributed by atoms with van der Waals surface area (Å²) in [4.78, 5) is 28.7. The maximum absolute atomic E-state index is 12.5. The Morgan fingerprint density at radius 2 is 2.20 bits per heavy atom. The van der Waals surface area contributed by atoms with Gasteiger partial charge in [-0.1, -0.05) is 0 Å². The molecule has 5 nitrogen and oxygen atoms in total. The maximum atomic E-state index is 12.5. The van der Waals surface area contributed by atoms with Gasteiger partial charge in [-0.2, -0.15) is 11.3 Å². The molecule has 2 unspecified atom stereocenters. The second-order valence-electron chi connectivity index (χ2n) is 7.69. The van der Waals surface area contributed by atoms with Crippen LogP contribution in [-0.2, 0) is 20.9 Å². The number of nitrogens with zero attached hydrogens (tertiary/aromatic N) is 2. The molecular formula is C19H26N2O3S. The van der Waals surface area contributed by atoms with Crippen LogP contribution in [0.4, 0.5) is 0 Å². The largest absolute Gasteiger partial charge is 0.368 e. The number of hydrogen-bond acceptors (Lipinski definition) is 4. The van der Waals surface area contributed by atoms with E-state index in [4.69, 9.17) is 4.74 Å². The van der Waals surface area contributed by atoms with Crippen molar-refractivity contribution >= 4 is 23.2 Å². The predicted molar refractivity (Wildman–Crippen MR) is 96.2 cm³/mol. The highest BCUT2D eigenvalue weighted by Gasteiger charge is 2.58. The number of ether oxygens (including phenoxy) is 1. The SMILES string of the molecule is CC(=O)N(Cc1ccsc1)C1CC12CCN(C(=O)C1CCCO1)CC2. The lowest BCUT2D eigenvalue weighted by Gasteiger charge is -2.35. The lowest BCUT2D eigenvalue weighted by Crippen LogP contribution is -2.46. The molecule has 1 aliphatic carbocycles. The number of thiophene rings is 1. The second-order valence-corrected chi connectivity index (χ2v) is 8.47. The van der Waals surface area contributed by atoms with Gasteiger partial charge in [-0.25, -0.2) is 0 Å². The van der Waals surface area contributed by atoms with Gasteiger partial charge in [0.15, 0.2) is 0 Å². The smallest absolute Gasteiger partial charge is 0.251 e. The molecule has 0 radical (unpaired) electrons. The van der Waals surface area contributed by atoms with Crippen LogP contribution in [0.25, 0.3) is 0 Å². The minimum Gasteiger partial charge on any atom is -0.368 e. The molecule has 25 heavy (non-hydrogen) atoms. The van der Waals surface area contributed by atoms with Crippen LogP contribution in [0, 0.1) is 5.41 Å². The number of hydrogen-bond donors (Lipinski definition) is 0. The molecule has 2 amide bonds. The van der Waals surface area contributed by atoms with E-state index in [2.05, 4.69) is 16.8 Å². The Bertz CT molecular complexity index is 631. The first-order chi connectivity index (χ1) is 12.1. The summed E-state index contributed by atoms with van der Waals surface area (Å²) in [5.41, 5.74) is 1.45. The van der Waals surface area contributed by atoms with Gasteiger partial charge >= 0.3 is 0 Å². The van der Waals surface area contributed by atoms with Crippen molar-refractivity contribution in [3.63, 3.8) is 0 Å². The van der Waals surface area contributed by atoms with E-state index in [1.54, 1.807) is 18.3 Å². The van der Waals surface area contributed by atoms with E-state index >= 15 is 0 Å². The predicted octanol–water partition coefficient (Wildman–Crippen LogP) is 2.66. The molecule has 0 N–H and O–H groups in total. The van der Waals surface area contributed by atoms with E-state index in [-0.39, 0.29) is 23.3 Å². The highest BCUT2D eigenvalue weighted by Crippen LogP contribution is 2.57. The van der Waals surface area contributed by atoms with E-state index in [0.717, 1.165) is 45.2 Å². The summed E-state index contributed by atoms with van der Waals surface area (Å²) in [6.45, 7) is 4.71. The van der Waals surface area contributed by atoms with Gasteiger partial charge < -0.3 is 14.5 Å². The summed E-state index contributed by atoms with van der Waals surface area (Å²) in [5.74, 6) is 0.331. The zero-order valence-corrected chi connectivity index (χ0v) is 15.6. The molecule has 136 valence electrons. The monoisotopic (exact) mass is 362 g/mol. The summed E-state index contributed by atoms with van der Waals surface area (Å²) < 4.78 is 5.54. The van der Waals surface area contributed by atoms with E-state index in [0.29, 0.717) is 19.2 Å². The first kappa shape index (κ1) is 17.0. The molecule has 3 fully saturated rings.